The lowest BCUT2D eigenvalue weighted by Gasteiger charge is -1.95. The highest BCUT2D eigenvalue weighted by atomic mass is 79.9. The van der Waals surface area contributed by atoms with E-state index in [1.165, 1.54) is 11.3 Å². The van der Waals surface area contributed by atoms with Crippen LogP contribution in [0.1, 0.15) is 11.6 Å². The van der Waals surface area contributed by atoms with Gasteiger partial charge in [-0.2, -0.15) is 4.98 Å². The Balaban J connectivity index is 1.86. The Morgan fingerprint density at radius 3 is 3.00 bits per heavy atom. The van der Waals surface area contributed by atoms with Crippen LogP contribution < -0.4 is 5.73 Å². The number of nitrogens with two attached hydrogens (primary N) is 1. The number of hydrogen-bond acceptors (Lipinski definition) is 7. The van der Waals surface area contributed by atoms with Crippen LogP contribution in [-0.2, 0) is 6.42 Å². The molecule has 96 valence electrons. The monoisotopic (exact) mass is 337 g/mol. The molecule has 3 aromatic heterocycles. The number of thiazole rings is 1. The molecule has 19 heavy (non-hydrogen) atoms. The molecule has 3 heterocycles. The fourth-order valence-corrected chi connectivity index (χ4v) is 2.53. The molecule has 0 saturated heterocycles. The molecule has 3 aromatic rings. The summed E-state index contributed by atoms with van der Waals surface area (Å²) in [5.41, 5.74) is 7.04. The summed E-state index contributed by atoms with van der Waals surface area (Å²) in [5, 5.41) is 6.32. The third-order valence-electron chi connectivity index (χ3n) is 2.34. The van der Waals surface area contributed by atoms with Gasteiger partial charge in [0.2, 0.25) is 11.7 Å². The lowest BCUT2D eigenvalue weighted by molar-refractivity contribution is 0.385. The van der Waals surface area contributed by atoms with Gasteiger partial charge < -0.3 is 10.3 Å². The van der Waals surface area contributed by atoms with Gasteiger partial charge in [0.1, 0.15) is 5.69 Å². The molecule has 0 amide bonds. The predicted molar refractivity (Wildman–Crippen MR) is 74.6 cm³/mol. The summed E-state index contributed by atoms with van der Waals surface area (Å²) in [6, 6.07) is 3.70. The van der Waals surface area contributed by atoms with E-state index in [9.17, 15) is 0 Å². The second kappa shape index (κ2) is 5.06. The van der Waals surface area contributed by atoms with Crippen LogP contribution in [0.5, 0.6) is 0 Å². The van der Waals surface area contributed by atoms with Gasteiger partial charge in [-0.3, -0.25) is 4.98 Å². The van der Waals surface area contributed by atoms with E-state index in [0.717, 1.165) is 10.2 Å². The predicted octanol–water partition coefficient (Wildman–Crippen LogP) is 2.52. The minimum absolute atomic E-state index is 0.450. The maximum atomic E-state index is 5.57. The Labute approximate surface area is 120 Å². The van der Waals surface area contributed by atoms with Gasteiger partial charge in [-0.05, 0) is 28.1 Å². The van der Waals surface area contributed by atoms with Crippen LogP contribution in [-0.4, -0.2) is 20.1 Å². The van der Waals surface area contributed by atoms with Gasteiger partial charge in [0.15, 0.2) is 5.13 Å². The molecule has 0 aromatic carbocycles. The number of rotatable bonds is 3. The molecule has 0 atom stereocenters. The van der Waals surface area contributed by atoms with E-state index >= 15 is 0 Å². The highest BCUT2D eigenvalue weighted by Gasteiger charge is 2.13. The van der Waals surface area contributed by atoms with Gasteiger partial charge in [0.05, 0.1) is 12.1 Å². The Kier molecular flexibility index (Phi) is 3.26. The Hall–Kier alpha value is -1.80. The first kappa shape index (κ1) is 12.2. The lowest BCUT2D eigenvalue weighted by atomic mass is 10.3. The molecule has 0 fully saturated rings. The fraction of sp³-hybridized carbons (Fsp3) is 0.0909. The number of nitrogen functional groups attached to an aromatic ring is 1. The molecule has 0 aliphatic carbocycles. The Morgan fingerprint density at radius 1 is 1.37 bits per heavy atom. The van der Waals surface area contributed by atoms with Crippen molar-refractivity contribution in [1.29, 1.82) is 0 Å². The zero-order valence-electron chi connectivity index (χ0n) is 9.58. The van der Waals surface area contributed by atoms with Crippen molar-refractivity contribution in [2.45, 2.75) is 6.42 Å². The van der Waals surface area contributed by atoms with Gasteiger partial charge in [0, 0.05) is 16.0 Å². The Morgan fingerprint density at radius 2 is 2.26 bits per heavy atom. The largest absolute Gasteiger partial charge is 0.375 e. The molecule has 0 bridgehead atoms. The molecule has 8 heteroatoms. The SMILES string of the molecule is Nc1nc(Cc2nc(-c3ncccc3Br)no2)cs1. The molecule has 0 aliphatic rings. The van der Waals surface area contributed by atoms with Gasteiger partial charge in [0.25, 0.3) is 0 Å². The molecule has 0 saturated carbocycles. The summed E-state index contributed by atoms with van der Waals surface area (Å²) in [5.74, 6) is 0.934. The van der Waals surface area contributed by atoms with Crippen molar-refractivity contribution >= 4 is 32.4 Å². The maximum Gasteiger partial charge on any atom is 0.233 e. The number of nitrogens with zero attached hydrogens (tertiary/aromatic N) is 4. The average molecular weight is 338 g/mol. The average Bonchev–Trinajstić information content (AvgIpc) is 3.00. The molecular formula is C11H8BrN5OS. The van der Waals surface area contributed by atoms with Crippen LogP contribution in [0, 0.1) is 0 Å². The number of halogens is 1. The molecule has 0 spiro atoms. The number of pyridine rings is 1. The Bertz CT molecular complexity index is 710. The van der Waals surface area contributed by atoms with E-state index in [-0.39, 0.29) is 0 Å². The minimum atomic E-state index is 0.450. The van der Waals surface area contributed by atoms with E-state index in [2.05, 4.69) is 36.0 Å². The molecular weight excluding hydrogens is 330 g/mol. The van der Waals surface area contributed by atoms with Crippen molar-refractivity contribution in [3.63, 3.8) is 0 Å². The van der Waals surface area contributed by atoms with E-state index in [1.807, 2.05) is 17.5 Å². The molecule has 0 radical (unpaired) electrons. The van der Waals surface area contributed by atoms with E-state index in [0.29, 0.717) is 29.0 Å². The highest BCUT2D eigenvalue weighted by molar-refractivity contribution is 9.10. The third-order valence-corrected chi connectivity index (χ3v) is 3.70. The summed E-state index contributed by atoms with van der Waals surface area (Å²) in [6.07, 6.45) is 2.14. The van der Waals surface area contributed by atoms with E-state index in [4.69, 9.17) is 10.3 Å². The van der Waals surface area contributed by atoms with Crippen LogP contribution in [0.4, 0.5) is 5.13 Å². The molecule has 0 unspecified atom stereocenters. The molecule has 2 N–H and O–H groups in total. The first-order valence-electron chi connectivity index (χ1n) is 5.36. The van der Waals surface area contributed by atoms with Crippen LogP contribution >= 0.6 is 27.3 Å². The summed E-state index contributed by atoms with van der Waals surface area (Å²) in [7, 11) is 0. The van der Waals surface area contributed by atoms with Crippen molar-refractivity contribution in [2.75, 3.05) is 5.73 Å². The van der Waals surface area contributed by atoms with Crippen LogP contribution in [0.2, 0.25) is 0 Å². The van der Waals surface area contributed by atoms with Crippen LogP contribution in [0.3, 0.4) is 0 Å². The van der Waals surface area contributed by atoms with Gasteiger partial charge >= 0.3 is 0 Å². The normalized spacial score (nSPS) is 10.8. The summed E-state index contributed by atoms with van der Waals surface area (Å²) < 4.78 is 6.01. The zero-order chi connectivity index (χ0) is 13.2. The minimum Gasteiger partial charge on any atom is -0.375 e. The van der Waals surface area contributed by atoms with Gasteiger partial charge in [-0.15, -0.1) is 11.3 Å². The van der Waals surface area contributed by atoms with Crippen molar-refractivity contribution in [2.24, 2.45) is 0 Å². The van der Waals surface area contributed by atoms with E-state index in [1.54, 1.807) is 6.20 Å². The standard InChI is InChI=1S/C11H8BrN5OS/c12-7-2-1-3-14-9(7)10-16-8(18-17-10)4-6-5-19-11(13)15-6/h1-3,5H,4H2,(H2,13,15). The first-order chi connectivity index (χ1) is 9.22. The second-order valence-corrected chi connectivity index (χ2v) is 5.44. The summed E-state index contributed by atoms with van der Waals surface area (Å²) in [4.78, 5) is 12.7. The molecule has 0 aliphatic heterocycles. The summed E-state index contributed by atoms with van der Waals surface area (Å²) >= 11 is 4.79. The van der Waals surface area contributed by atoms with Gasteiger partial charge in [-0.25, -0.2) is 4.98 Å². The smallest absolute Gasteiger partial charge is 0.233 e. The molecule has 3 rings (SSSR count). The third kappa shape index (κ3) is 2.64. The van der Waals surface area contributed by atoms with E-state index < -0.39 is 0 Å². The maximum absolute atomic E-state index is 5.57. The van der Waals surface area contributed by atoms with Crippen molar-refractivity contribution in [3.05, 3.63) is 39.8 Å². The lowest BCUT2D eigenvalue weighted by Crippen LogP contribution is -1.91. The fourth-order valence-electron chi connectivity index (χ4n) is 1.53. The van der Waals surface area contributed by atoms with Crippen molar-refractivity contribution in [1.82, 2.24) is 20.1 Å². The van der Waals surface area contributed by atoms with Crippen molar-refractivity contribution < 1.29 is 4.52 Å². The topological polar surface area (TPSA) is 90.7 Å². The quantitative estimate of drug-likeness (QED) is 0.789. The van der Waals surface area contributed by atoms with Crippen molar-refractivity contribution in [3.8, 4) is 11.5 Å². The second-order valence-electron chi connectivity index (χ2n) is 3.70. The van der Waals surface area contributed by atoms with Crippen LogP contribution in [0.15, 0.2) is 32.7 Å². The van der Waals surface area contributed by atoms with Gasteiger partial charge in [-0.1, -0.05) is 5.16 Å². The number of hydrogen-bond donors (Lipinski definition) is 1. The first-order valence-corrected chi connectivity index (χ1v) is 7.03. The summed E-state index contributed by atoms with van der Waals surface area (Å²) in [6.45, 7) is 0. The number of aromatic nitrogens is 4. The zero-order valence-corrected chi connectivity index (χ0v) is 12.0. The number of anilines is 1. The highest BCUT2D eigenvalue weighted by Crippen LogP contribution is 2.23. The molecule has 6 nitrogen and oxygen atoms in total. The van der Waals surface area contributed by atoms with Crippen LogP contribution in [0.25, 0.3) is 11.5 Å².